The van der Waals surface area contributed by atoms with Crippen LogP contribution < -0.4 is 15.8 Å². The van der Waals surface area contributed by atoms with Gasteiger partial charge < -0.3 is 10.2 Å². The standard InChI is InChI=1S/C17H22N4O2/c1-3-21-10-6-7-12(21)11-18-16(22)15-13-8-4-5-9-14(13)17(23)20(2)19-15/h4-5,8-9,12H,3,6-7,10-11H2,1-2H3,(H,18,22)/p+1/t12-/m0/s1. The SMILES string of the molecule is CC[NH+]1CCC[C@H]1CNC(=O)c1nn(C)c(=O)c2ccccc12. The number of likely N-dealkylation sites (tertiary alicyclic amines) is 1. The van der Waals surface area contributed by atoms with Crippen molar-refractivity contribution in [1.82, 2.24) is 15.1 Å². The summed E-state index contributed by atoms with van der Waals surface area (Å²) in [7, 11) is 1.57. The van der Waals surface area contributed by atoms with Gasteiger partial charge in [-0.2, -0.15) is 5.10 Å². The minimum atomic E-state index is -0.209. The van der Waals surface area contributed by atoms with Gasteiger partial charge in [-0.3, -0.25) is 9.59 Å². The molecule has 0 bridgehead atoms. The van der Waals surface area contributed by atoms with E-state index in [0.717, 1.165) is 13.0 Å². The molecule has 1 unspecified atom stereocenters. The predicted octanol–water partition coefficient (Wildman–Crippen LogP) is -0.269. The van der Waals surface area contributed by atoms with E-state index in [1.807, 2.05) is 6.07 Å². The lowest BCUT2D eigenvalue weighted by Crippen LogP contribution is -3.14. The number of nitrogens with zero attached hydrogens (tertiary/aromatic N) is 2. The van der Waals surface area contributed by atoms with Crippen molar-refractivity contribution in [2.75, 3.05) is 19.6 Å². The molecule has 23 heavy (non-hydrogen) atoms. The normalized spacial score (nSPS) is 20.8. The first-order chi connectivity index (χ1) is 11.1. The average molecular weight is 315 g/mol. The highest BCUT2D eigenvalue weighted by atomic mass is 16.2. The zero-order valence-corrected chi connectivity index (χ0v) is 13.6. The summed E-state index contributed by atoms with van der Waals surface area (Å²) in [5, 5.41) is 8.31. The summed E-state index contributed by atoms with van der Waals surface area (Å²) < 4.78 is 1.23. The molecule has 6 nitrogen and oxygen atoms in total. The number of carbonyl (C=O) groups excluding carboxylic acids is 1. The van der Waals surface area contributed by atoms with Crippen LogP contribution in [0.15, 0.2) is 29.1 Å². The summed E-state index contributed by atoms with van der Waals surface area (Å²) in [5.41, 5.74) is 0.133. The van der Waals surface area contributed by atoms with E-state index in [1.165, 1.54) is 17.6 Å². The Morgan fingerprint density at radius 3 is 2.87 bits per heavy atom. The zero-order valence-electron chi connectivity index (χ0n) is 13.6. The van der Waals surface area contributed by atoms with Crippen LogP contribution in [-0.4, -0.2) is 41.4 Å². The van der Waals surface area contributed by atoms with Gasteiger partial charge >= 0.3 is 0 Å². The summed E-state index contributed by atoms with van der Waals surface area (Å²) in [5.74, 6) is -0.209. The topological polar surface area (TPSA) is 68.4 Å². The van der Waals surface area contributed by atoms with Gasteiger partial charge in [0.25, 0.3) is 11.5 Å². The maximum atomic E-state index is 12.6. The van der Waals surface area contributed by atoms with Crippen molar-refractivity contribution in [3.8, 4) is 0 Å². The van der Waals surface area contributed by atoms with Gasteiger partial charge in [0, 0.05) is 25.3 Å². The Morgan fingerprint density at radius 2 is 2.13 bits per heavy atom. The molecule has 1 fully saturated rings. The van der Waals surface area contributed by atoms with Crippen LogP contribution in [0.2, 0.25) is 0 Å². The lowest BCUT2D eigenvalue weighted by Gasteiger charge is -2.20. The third-order valence-electron chi connectivity index (χ3n) is 4.76. The Kier molecular flexibility index (Phi) is 4.43. The van der Waals surface area contributed by atoms with E-state index in [2.05, 4.69) is 17.3 Å². The molecular formula is C17H23N4O2+. The summed E-state index contributed by atoms with van der Waals surface area (Å²) in [6, 6.07) is 7.60. The molecule has 1 aromatic heterocycles. The quantitative estimate of drug-likeness (QED) is 0.816. The van der Waals surface area contributed by atoms with Crippen LogP contribution in [0, 0.1) is 0 Å². The molecule has 2 N–H and O–H groups in total. The van der Waals surface area contributed by atoms with Crippen LogP contribution in [0.1, 0.15) is 30.3 Å². The van der Waals surface area contributed by atoms with E-state index >= 15 is 0 Å². The van der Waals surface area contributed by atoms with Crippen molar-refractivity contribution in [2.45, 2.75) is 25.8 Å². The van der Waals surface area contributed by atoms with E-state index in [0.29, 0.717) is 29.1 Å². The predicted molar refractivity (Wildman–Crippen MR) is 88.7 cm³/mol. The van der Waals surface area contributed by atoms with E-state index < -0.39 is 0 Å². The Morgan fingerprint density at radius 1 is 1.39 bits per heavy atom. The van der Waals surface area contributed by atoms with Crippen LogP contribution >= 0.6 is 0 Å². The average Bonchev–Trinajstić information content (AvgIpc) is 3.03. The highest BCUT2D eigenvalue weighted by Crippen LogP contribution is 2.12. The molecule has 3 rings (SSSR count). The number of quaternary nitrogens is 1. The molecule has 1 aromatic carbocycles. The van der Waals surface area contributed by atoms with Gasteiger partial charge in [0.15, 0.2) is 5.69 Å². The molecule has 0 spiro atoms. The molecule has 122 valence electrons. The molecule has 0 radical (unpaired) electrons. The Balaban J connectivity index is 1.84. The molecular weight excluding hydrogens is 292 g/mol. The van der Waals surface area contributed by atoms with Crippen molar-refractivity contribution in [3.63, 3.8) is 0 Å². The van der Waals surface area contributed by atoms with Gasteiger partial charge in [-0.05, 0) is 13.0 Å². The van der Waals surface area contributed by atoms with E-state index in [-0.39, 0.29) is 11.5 Å². The van der Waals surface area contributed by atoms with Gasteiger partial charge in [-0.1, -0.05) is 18.2 Å². The molecule has 2 atom stereocenters. The second-order valence-electron chi connectivity index (χ2n) is 6.13. The summed E-state index contributed by atoms with van der Waals surface area (Å²) >= 11 is 0. The third kappa shape index (κ3) is 2.99. The van der Waals surface area contributed by atoms with Crippen LogP contribution in [0.5, 0.6) is 0 Å². The minimum Gasteiger partial charge on any atom is -0.345 e. The number of fused-ring (bicyclic) bond motifs is 1. The van der Waals surface area contributed by atoms with Crippen LogP contribution in [-0.2, 0) is 7.05 Å². The summed E-state index contributed by atoms with van der Waals surface area (Å²) in [4.78, 5) is 26.2. The van der Waals surface area contributed by atoms with Crippen LogP contribution in [0.25, 0.3) is 10.8 Å². The first-order valence-electron chi connectivity index (χ1n) is 8.20. The van der Waals surface area contributed by atoms with Crippen molar-refractivity contribution < 1.29 is 9.69 Å². The molecule has 6 heteroatoms. The van der Waals surface area contributed by atoms with Crippen molar-refractivity contribution >= 4 is 16.7 Å². The van der Waals surface area contributed by atoms with E-state index in [1.54, 1.807) is 30.1 Å². The third-order valence-corrected chi connectivity index (χ3v) is 4.76. The van der Waals surface area contributed by atoms with Gasteiger partial charge in [0.1, 0.15) is 6.04 Å². The maximum absolute atomic E-state index is 12.6. The van der Waals surface area contributed by atoms with Crippen LogP contribution in [0.3, 0.4) is 0 Å². The van der Waals surface area contributed by atoms with Gasteiger partial charge in [0.2, 0.25) is 0 Å². The molecule has 2 aromatic rings. The van der Waals surface area contributed by atoms with Crippen molar-refractivity contribution in [2.24, 2.45) is 7.05 Å². The molecule has 1 saturated heterocycles. The molecule has 0 aliphatic carbocycles. The Bertz CT molecular complexity index is 784. The van der Waals surface area contributed by atoms with Gasteiger partial charge in [-0.15, -0.1) is 0 Å². The van der Waals surface area contributed by atoms with Crippen molar-refractivity contribution in [1.29, 1.82) is 0 Å². The second kappa shape index (κ2) is 6.50. The second-order valence-corrected chi connectivity index (χ2v) is 6.13. The highest BCUT2D eigenvalue weighted by Gasteiger charge is 2.27. The fourth-order valence-electron chi connectivity index (χ4n) is 3.46. The fourth-order valence-corrected chi connectivity index (χ4v) is 3.46. The maximum Gasteiger partial charge on any atom is 0.274 e. The molecule has 1 amide bonds. The Labute approximate surface area is 135 Å². The molecule has 2 heterocycles. The zero-order chi connectivity index (χ0) is 16.4. The van der Waals surface area contributed by atoms with Gasteiger partial charge in [-0.25, -0.2) is 4.68 Å². The Hall–Kier alpha value is -2.21. The number of aromatic nitrogens is 2. The number of aryl methyl sites for hydroxylation is 1. The number of benzene rings is 1. The van der Waals surface area contributed by atoms with Crippen molar-refractivity contribution in [3.05, 3.63) is 40.3 Å². The summed E-state index contributed by atoms with van der Waals surface area (Å²) in [6.45, 7) is 5.10. The van der Waals surface area contributed by atoms with Crippen LogP contribution in [0.4, 0.5) is 0 Å². The first kappa shape index (κ1) is 15.7. The number of hydrogen-bond acceptors (Lipinski definition) is 3. The number of amides is 1. The van der Waals surface area contributed by atoms with E-state index in [9.17, 15) is 9.59 Å². The fraction of sp³-hybridized carbons (Fsp3) is 0.471. The molecule has 1 aliphatic rings. The minimum absolute atomic E-state index is 0.186. The lowest BCUT2D eigenvalue weighted by atomic mass is 10.1. The number of nitrogens with one attached hydrogen (secondary N) is 2. The largest absolute Gasteiger partial charge is 0.345 e. The number of carbonyl (C=O) groups is 1. The molecule has 1 aliphatic heterocycles. The number of likely N-dealkylation sites (N-methyl/N-ethyl adjacent to an activating group) is 1. The lowest BCUT2D eigenvalue weighted by molar-refractivity contribution is -0.909. The highest BCUT2D eigenvalue weighted by molar-refractivity contribution is 6.04. The molecule has 0 saturated carbocycles. The number of hydrogen-bond donors (Lipinski definition) is 2. The monoisotopic (exact) mass is 315 g/mol. The van der Waals surface area contributed by atoms with Gasteiger partial charge in [0.05, 0.1) is 25.0 Å². The van der Waals surface area contributed by atoms with E-state index in [4.69, 9.17) is 0 Å². The summed E-state index contributed by atoms with van der Waals surface area (Å²) in [6.07, 6.45) is 2.36. The first-order valence-corrected chi connectivity index (χ1v) is 8.20. The smallest absolute Gasteiger partial charge is 0.274 e. The number of rotatable bonds is 4.